The van der Waals surface area contributed by atoms with E-state index in [1.54, 1.807) is 24.5 Å². The maximum atomic E-state index is 12.3. The summed E-state index contributed by atoms with van der Waals surface area (Å²) in [5, 5.41) is 1.63. The second-order valence-electron chi connectivity index (χ2n) is 4.20. The smallest absolute Gasteiger partial charge is 0.263 e. The van der Waals surface area contributed by atoms with E-state index in [9.17, 15) is 8.42 Å². The molecule has 0 bridgehead atoms. The van der Waals surface area contributed by atoms with Gasteiger partial charge in [0.25, 0.3) is 10.0 Å². The van der Waals surface area contributed by atoms with Gasteiger partial charge in [-0.15, -0.1) is 0 Å². The monoisotopic (exact) mass is 364 g/mol. The summed E-state index contributed by atoms with van der Waals surface area (Å²) in [5.41, 5.74) is 0. The normalized spacial score (nSPS) is 11.5. The van der Waals surface area contributed by atoms with Crippen molar-refractivity contribution in [2.75, 3.05) is 4.72 Å². The summed E-state index contributed by atoms with van der Waals surface area (Å²) in [5.74, 6) is 0.220. The molecular formula is C13H9BrN4O2S. The Hall–Kier alpha value is -2.06. The molecule has 0 spiro atoms. The van der Waals surface area contributed by atoms with Crippen molar-refractivity contribution in [1.29, 1.82) is 0 Å². The fraction of sp³-hybridized carbons (Fsp3) is 0. The minimum Gasteiger partial charge on any atom is -0.263 e. The van der Waals surface area contributed by atoms with Crippen LogP contribution < -0.4 is 4.72 Å². The van der Waals surface area contributed by atoms with E-state index in [1.165, 1.54) is 24.7 Å². The van der Waals surface area contributed by atoms with Crippen LogP contribution in [0.5, 0.6) is 0 Å². The van der Waals surface area contributed by atoms with Crippen LogP contribution in [-0.2, 0) is 10.0 Å². The third-order valence-corrected chi connectivity index (χ3v) is 4.80. The first-order valence-electron chi connectivity index (χ1n) is 5.88. The number of halogens is 1. The molecule has 0 amide bonds. The van der Waals surface area contributed by atoms with Gasteiger partial charge in [0.15, 0.2) is 0 Å². The van der Waals surface area contributed by atoms with Gasteiger partial charge >= 0.3 is 0 Å². The lowest BCUT2D eigenvalue weighted by Crippen LogP contribution is -2.13. The average Bonchev–Trinajstić information content (AvgIpc) is 2.48. The highest BCUT2D eigenvalue weighted by atomic mass is 79.9. The van der Waals surface area contributed by atoms with Crippen LogP contribution in [0.15, 0.2) is 58.6 Å². The van der Waals surface area contributed by atoms with E-state index in [0.717, 1.165) is 15.2 Å². The lowest BCUT2D eigenvalue weighted by atomic mass is 10.2. The molecule has 3 aromatic rings. The van der Waals surface area contributed by atoms with Crippen molar-refractivity contribution in [3.63, 3.8) is 0 Å². The van der Waals surface area contributed by atoms with Gasteiger partial charge in [0.1, 0.15) is 12.1 Å². The summed E-state index contributed by atoms with van der Waals surface area (Å²) >= 11 is 3.38. The Labute approximate surface area is 129 Å². The quantitative estimate of drug-likeness (QED) is 0.771. The molecule has 2 heterocycles. The van der Waals surface area contributed by atoms with Crippen molar-refractivity contribution in [3.8, 4) is 0 Å². The summed E-state index contributed by atoms with van der Waals surface area (Å²) in [6.07, 6.45) is 6.02. The number of hydrogen-bond acceptors (Lipinski definition) is 5. The molecule has 2 aromatic heterocycles. The molecular weight excluding hydrogens is 356 g/mol. The predicted molar refractivity (Wildman–Crippen MR) is 82.3 cm³/mol. The molecule has 0 unspecified atom stereocenters. The van der Waals surface area contributed by atoms with Gasteiger partial charge in [-0.2, -0.15) is 0 Å². The van der Waals surface area contributed by atoms with Gasteiger partial charge in [-0.1, -0.05) is 6.07 Å². The van der Waals surface area contributed by atoms with Gasteiger partial charge in [0.2, 0.25) is 0 Å². The number of nitrogens with zero attached hydrogens (tertiary/aromatic N) is 3. The van der Waals surface area contributed by atoms with Crippen molar-refractivity contribution in [1.82, 2.24) is 15.0 Å². The molecule has 0 aliphatic carbocycles. The number of benzene rings is 1. The number of anilines is 1. The summed E-state index contributed by atoms with van der Waals surface area (Å²) < 4.78 is 27.9. The lowest BCUT2D eigenvalue weighted by Gasteiger charge is -2.08. The topological polar surface area (TPSA) is 84.8 Å². The zero-order valence-corrected chi connectivity index (χ0v) is 13.0. The van der Waals surface area contributed by atoms with Gasteiger partial charge in [0, 0.05) is 28.4 Å². The fourth-order valence-electron chi connectivity index (χ4n) is 1.83. The Kier molecular flexibility index (Phi) is 3.56. The van der Waals surface area contributed by atoms with E-state index in [4.69, 9.17) is 0 Å². The molecule has 0 fully saturated rings. The van der Waals surface area contributed by atoms with Crippen LogP contribution in [0.3, 0.4) is 0 Å². The zero-order valence-electron chi connectivity index (χ0n) is 10.6. The third-order valence-electron chi connectivity index (χ3n) is 2.81. The number of fused-ring (bicyclic) bond motifs is 1. The van der Waals surface area contributed by atoms with E-state index < -0.39 is 10.0 Å². The van der Waals surface area contributed by atoms with Crippen molar-refractivity contribution in [2.24, 2.45) is 0 Å². The van der Waals surface area contributed by atoms with Crippen LogP contribution in [0.2, 0.25) is 0 Å². The highest BCUT2D eigenvalue weighted by Gasteiger charge is 2.15. The molecule has 0 aliphatic rings. The lowest BCUT2D eigenvalue weighted by molar-refractivity contribution is 0.601. The van der Waals surface area contributed by atoms with E-state index in [1.807, 2.05) is 0 Å². The number of rotatable bonds is 3. The van der Waals surface area contributed by atoms with Gasteiger partial charge in [-0.3, -0.25) is 9.71 Å². The first kappa shape index (κ1) is 13.9. The molecule has 0 saturated carbocycles. The average molecular weight is 365 g/mol. The van der Waals surface area contributed by atoms with Crippen LogP contribution >= 0.6 is 15.9 Å². The number of nitrogens with one attached hydrogen (secondary N) is 1. The van der Waals surface area contributed by atoms with Gasteiger partial charge in [0.05, 0.1) is 4.90 Å². The maximum absolute atomic E-state index is 12.3. The van der Waals surface area contributed by atoms with Gasteiger partial charge in [-0.25, -0.2) is 18.4 Å². The Morgan fingerprint density at radius 3 is 2.71 bits per heavy atom. The van der Waals surface area contributed by atoms with Crippen LogP contribution in [0.25, 0.3) is 10.8 Å². The summed E-state index contributed by atoms with van der Waals surface area (Å²) in [7, 11) is -3.70. The Balaban J connectivity index is 2.03. The number of aromatic nitrogens is 3. The highest BCUT2D eigenvalue weighted by Crippen LogP contribution is 2.25. The number of pyridine rings is 1. The van der Waals surface area contributed by atoms with Crippen molar-refractivity contribution in [3.05, 3.63) is 53.7 Å². The van der Waals surface area contributed by atoms with E-state index in [-0.39, 0.29) is 10.7 Å². The Morgan fingerprint density at radius 2 is 1.95 bits per heavy atom. The highest BCUT2D eigenvalue weighted by molar-refractivity contribution is 9.10. The Bertz CT molecular complexity index is 900. The second-order valence-corrected chi connectivity index (χ2v) is 6.74. The number of hydrogen-bond donors (Lipinski definition) is 1. The standard InChI is InChI=1S/C13H9BrN4O2S/c14-12-7-16-6-9-5-10(1-2-11(9)12)21(19,20)18-13-3-4-15-8-17-13/h1-8H,(H,15,17,18). The van der Waals surface area contributed by atoms with Crippen LogP contribution in [0, 0.1) is 0 Å². The number of sulfonamides is 1. The molecule has 21 heavy (non-hydrogen) atoms. The summed E-state index contributed by atoms with van der Waals surface area (Å²) in [4.78, 5) is 11.8. The molecule has 3 rings (SSSR count). The van der Waals surface area contributed by atoms with Crippen molar-refractivity contribution < 1.29 is 8.42 Å². The van der Waals surface area contributed by atoms with Crippen LogP contribution in [0.1, 0.15) is 0 Å². The predicted octanol–water partition coefficient (Wildman–Crippen LogP) is 2.59. The van der Waals surface area contributed by atoms with Crippen molar-refractivity contribution >= 4 is 42.5 Å². The molecule has 0 atom stereocenters. The first-order valence-corrected chi connectivity index (χ1v) is 8.16. The van der Waals surface area contributed by atoms with Gasteiger partial charge in [-0.05, 0) is 39.5 Å². The first-order chi connectivity index (χ1) is 10.1. The third kappa shape index (κ3) is 2.86. The minimum atomic E-state index is -3.70. The summed E-state index contributed by atoms with van der Waals surface area (Å²) in [6, 6.07) is 6.32. The molecule has 0 aliphatic heterocycles. The van der Waals surface area contributed by atoms with E-state index in [0.29, 0.717) is 0 Å². The Morgan fingerprint density at radius 1 is 1.10 bits per heavy atom. The SMILES string of the molecule is O=S(=O)(Nc1ccncn1)c1ccc2c(Br)cncc2c1. The molecule has 0 saturated heterocycles. The molecule has 0 radical (unpaired) electrons. The molecule has 1 N–H and O–H groups in total. The maximum Gasteiger partial charge on any atom is 0.263 e. The molecule has 106 valence electrons. The largest absolute Gasteiger partial charge is 0.263 e. The van der Waals surface area contributed by atoms with Crippen molar-refractivity contribution in [2.45, 2.75) is 4.90 Å². The minimum absolute atomic E-state index is 0.147. The summed E-state index contributed by atoms with van der Waals surface area (Å²) in [6.45, 7) is 0. The van der Waals surface area contributed by atoms with Crippen LogP contribution in [-0.4, -0.2) is 23.4 Å². The zero-order chi connectivity index (χ0) is 14.9. The van der Waals surface area contributed by atoms with E-state index >= 15 is 0 Å². The molecule has 6 nitrogen and oxygen atoms in total. The van der Waals surface area contributed by atoms with Gasteiger partial charge < -0.3 is 0 Å². The fourth-order valence-corrected chi connectivity index (χ4v) is 3.36. The van der Waals surface area contributed by atoms with E-state index in [2.05, 4.69) is 35.6 Å². The molecule has 8 heteroatoms. The van der Waals surface area contributed by atoms with Crippen LogP contribution in [0.4, 0.5) is 5.82 Å². The molecule has 1 aromatic carbocycles. The second kappa shape index (κ2) is 5.38.